The number of carbonyl (C=O) groups is 2. The number of ether oxygens (including phenoxy) is 2. The summed E-state index contributed by atoms with van der Waals surface area (Å²) in [5, 5.41) is 0. The SMILES string of the molecule is CCCc1ccc(C(=O)OCC(C)OC(=O)N(CC)CC)cc1. The quantitative estimate of drug-likeness (QED) is 0.686. The van der Waals surface area contributed by atoms with E-state index in [2.05, 4.69) is 6.92 Å². The molecule has 128 valence electrons. The lowest BCUT2D eigenvalue weighted by Gasteiger charge is -2.21. The van der Waals surface area contributed by atoms with Crippen LogP contribution in [0.4, 0.5) is 4.79 Å². The van der Waals surface area contributed by atoms with Gasteiger partial charge in [0, 0.05) is 13.1 Å². The molecular weight excluding hydrogens is 294 g/mol. The molecule has 1 unspecified atom stereocenters. The van der Waals surface area contributed by atoms with Crippen molar-refractivity contribution in [1.29, 1.82) is 0 Å². The largest absolute Gasteiger partial charge is 0.458 e. The molecule has 0 aliphatic carbocycles. The number of rotatable bonds is 8. The van der Waals surface area contributed by atoms with Gasteiger partial charge in [0.05, 0.1) is 5.56 Å². The fraction of sp³-hybridized carbons (Fsp3) is 0.556. The minimum atomic E-state index is -0.480. The number of hydrogen-bond acceptors (Lipinski definition) is 4. The van der Waals surface area contributed by atoms with Gasteiger partial charge < -0.3 is 14.4 Å². The van der Waals surface area contributed by atoms with E-state index in [1.54, 1.807) is 24.0 Å². The van der Waals surface area contributed by atoms with Gasteiger partial charge in [-0.2, -0.15) is 0 Å². The Labute approximate surface area is 138 Å². The van der Waals surface area contributed by atoms with E-state index in [1.165, 1.54) is 5.56 Å². The Morgan fingerprint density at radius 2 is 1.70 bits per heavy atom. The Morgan fingerprint density at radius 3 is 2.22 bits per heavy atom. The highest BCUT2D eigenvalue weighted by molar-refractivity contribution is 5.89. The van der Waals surface area contributed by atoms with Crippen molar-refractivity contribution in [1.82, 2.24) is 4.90 Å². The molecule has 1 aromatic rings. The van der Waals surface area contributed by atoms with E-state index in [9.17, 15) is 9.59 Å². The van der Waals surface area contributed by atoms with Crippen molar-refractivity contribution < 1.29 is 19.1 Å². The minimum Gasteiger partial charge on any atom is -0.458 e. The predicted molar refractivity (Wildman–Crippen MR) is 89.6 cm³/mol. The molecular formula is C18H27NO4. The molecule has 5 heteroatoms. The highest BCUT2D eigenvalue weighted by Gasteiger charge is 2.16. The van der Waals surface area contributed by atoms with Crippen LogP contribution in [0.2, 0.25) is 0 Å². The molecule has 0 fully saturated rings. The summed E-state index contributed by atoms with van der Waals surface area (Å²) in [7, 11) is 0. The second-order valence-electron chi connectivity index (χ2n) is 5.41. The van der Waals surface area contributed by atoms with Crippen LogP contribution < -0.4 is 0 Å². The second-order valence-corrected chi connectivity index (χ2v) is 5.41. The maximum atomic E-state index is 12.0. The molecule has 1 aromatic carbocycles. The van der Waals surface area contributed by atoms with E-state index in [4.69, 9.17) is 9.47 Å². The van der Waals surface area contributed by atoms with Crippen LogP contribution in [0.3, 0.4) is 0 Å². The summed E-state index contributed by atoms with van der Waals surface area (Å²) in [5.74, 6) is -0.404. The van der Waals surface area contributed by atoms with Crippen molar-refractivity contribution in [2.45, 2.75) is 46.6 Å². The number of benzene rings is 1. The summed E-state index contributed by atoms with van der Waals surface area (Å²) < 4.78 is 10.4. The molecule has 0 N–H and O–H groups in total. The molecule has 23 heavy (non-hydrogen) atoms. The normalized spacial score (nSPS) is 11.7. The number of aryl methyl sites for hydroxylation is 1. The first kappa shape index (κ1) is 19.0. The van der Waals surface area contributed by atoms with Gasteiger partial charge in [0.15, 0.2) is 0 Å². The van der Waals surface area contributed by atoms with Gasteiger partial charge in [-0.1, -0.05) is 25.5 Å². The maximum absolute atomic E-state index is 12.0. The Morgan fingerprint density at radius 1 is 1.09 bits per heavy atom. The summed E-state index contributed by atoms with van der Waals surface area (Å²) in [4.78, 5) is 25.3. The van der Waals surface area contributed by atoms with Gasteiger partial charge in [-0.3, -0.25) is 0 Å². The number of hydrogen-bond donors (Lipinski definition) is 0. The van der Waals surface area contributed by atoms with Gasteiger partial charge in [-0.15, -0.1) is 0 Å². The van der Waals surface area contributed by atoms with Gasteiger partial charge in [0.1, 0.15) is 12.7 Å². The first-order valence-corrected chi connectivity index (χ1v) is 8.23. The highest BCUT2D eigenvalue weighted by atomic mass is 16.6. The lowest BCUT2D eigenvalue weighted by atomic mass is 10.1. The van der Waals surface area contributed by atoms with Gasteiger partial charge in [-0.25, -0.2) is 9.59 Å². The van der Waals surface area contributed by atoms with E-state index < -0.39 is 12.1 Å². The van der Waals surface area contributed by atoms with Gasteiger partial charge >= 0.3 is 12.1 Å². The lowest BCUT2D eigenvalue weighted by molar-refractivity contribution is 0.0139. The smallest absolute Gasteiger partial charge is 0.410 e. The molecule has 0 heterocycles. The summed E-state index contributed by atoms with van der Waals surface area (Å²) in [6.45, 7) is 8.82. The van der Waals surface area contributed by atoms with Crippen LogP contribution in [-0.4, -0.2) is 42.8 Å². The third-order valence-electron chi connectivity index (χ3n) is 3.50. The van der Waals surface area contributed by atoms with E-state index >= 15 is 0 Å². The first-order valence-electron chi connectivity index (χ1n) is 8.23. The van der Waals surface area contributed by atoms with Gasteiger partial charge in [-0.05, 0) is 44.9 Å². The Bertz CT molecular complexity index is 494. The molecule has 0 aliphatic rings. The number of carbonyl (C=O) groups excluding carboxylic acids is 2. The molecule has 1 rings (SSSR count). The number of esters is 1. The van der Waals surface area contributed by atoms with Crippen LogP contribution >= 0.6 is 0 Å². The maximum Gasteiger partial charge on any atom is 0.410 e. The minimum absolute atomic E-state index is 0.0442. The average Bonchev–Trinajstić information content (AvgIpc) is 2.54. The zero-order valence-corrected chi connectivity index (χ0v) is 14.5. The van der Waals surface area contributed by atoms with E-state index in [1.807, 2.05) is 26.0 Å². The van der Waals surface area contributed by atoms with Crippen LogP contribution in [0.1, 0.15) is 50.0 Å². The van der Waals surface area contributed by atoms with Crippen molar-refractivity contribution in [3.63, 3.8) is 0 Å². The molecule has 0 aliphatic heterocycles. The third-order valence-corrected chi connectivity index (χ3v) is 3.50. The van der Waals surface area contributed by atoms with Crippen LogP contribution in [0.5, 0.6) is 0 Å². The molecule has 0 saturated heterocycles. The standard InChI is InChI=1S/C18H27NO4/c1-5-8-15-9-11-16(12-10-15)17(20)22-13-14(4)23-18(21)19(6-2)7-3/h9-12,14H,5-8,13H2,1-4H3. The van der Waals surface area contributed by atoms with Crippen molar-refractivity contribution in [2.24, 2.45) is 0 Å². The Balaban J connectivity index is 2.44. The molecule has 1 atom stereocenters. The van der Waals surface area contributed by atoms with Crippen molar-refractivity contribution >= 4 is 12.1 Å². The second kappa shape index (κ2) is 9.87. The monoisotopic (exact) mass is 321 g/mol. The summed E-state index contributed by atoms with van der Waals surface area (Å²) in [6, 6.07) is 7.40. The fourth-order valence-electron chi connectivity index (χ4n) is 2.14. The van der Waals surface area contributed by atoms with Crippen LogP contribution in [0.25, 0.3) is 0 Å². The number of amides is 1. The molecule has 5 nitrogen and oxygen atoms in total. The molecule has 0 bridgehead atoms. The van der Waals surface area contributed by atoms with E-state index in [0.29, 0.717) is 18.7 Å². The van der Waals surface area contributed by atoms with Crippen LogP contribution in [0.15, 0.2) is 24.3 Å². The topological polar surface area (TPSA) is 55.8 Å². The third kappa shape index (κ3) is 6.30. The Kier molecular flexibility index (Phi) is 8.16. The van der Waals surface area contributed by atoms with Gasteiger partial charge in [0.25, 0.3) is 0 Å². The van der Waals surface area contributed by atoms with E-state index in [-0.39, 0.29) is 12.7 Å². The molecule has 0 radical (unpaired) electrons. The predicted octanol–water partition coefficient (Wildman–Crippen LogP) is 3.66. The van der Waals surface area contributed by atoms with Crippen molar-refractivity contribution in [3.8, 4) is 0 Å². The lowest BCUT2D eigenvalue weighted by Crippen LogP contribution is -2.34. The summed E-state index contributed by atoms with van der Waals surface area (Å²) >= 11 is 0. The summed E-state index contributed by atoms with van der Waals surface area (Å²) in [5.41, 5.74) is 1.71. The zero-order valence-electron chi connectivity index (χ0n) is 14.5. The molecule has 0 spiro atoms. The zero-order chi connectivity index (χ0) is 17.2. The number of nitrogens with zero attached hydrogens (tertiary/aromatic N) is 1. The Hall–Kier alpha value is -2.04. The van der Waals surface area contributed by atoms with Crippen molar-refractivity contribution in [3.05, 3.63) is 35.4 Å². The van der Waals surface area contributed by atoms with Gasteiger partial charge in [0.2, 0.25) is 0 Å². The van der Waals surface area contributed by atoms with Crippen LogP contribution in [0, 0.1) is 0 Å². The highest BCUT2D eigenvalue weighted by Crippen LogP contribution is 2.09. The van der Waals surface area contributed by atoms with Crippen LogP contribution in [-0.2, 0) is 15.9 Å². The first-order chi connectivity index (χ1) is 11.0. The average molecular weight is 321 g/mol. The molecule has 0 saturated carbocycles. The molecule has 0 aromatic heterocycles. The molecule has 1 amide bonds. The van der Waals surface area contributed by atoms with Crippen molar-refractivity contribution in [2.75, 3.05) is 19.7 Å². The summed E-state index contributed by atoms with van der Waals surface area (Å²) in [6.07, 6.45) is 1.20. The fourth-order valence-corrected chi connectivity index (χ4v) is 2.14. The van der Waals surface area contributed by atoms with E-state index in [0.717, 1.165) is 12.8 Å².